The summed E-state index contributed by atoms with van der Waals surface area (Å²) in [5.41, 5.74) is 0. The highest BCUT2D eigenvalue weighted by Crippen LogP contribution is 2.45. The van der Waals surface area contributed by atoms with Crippen molar-refractivity contribution in [3.63, 3.8) is 0 Å². The average Bonchev–Trinajstić information content (AvgIpc) is 0.915. The average molecular weight is 1510 g/mol. The Kier molecular flexibility index (Phi) is 75.4. The molecule has 0 aliphatic heterocycles. The zero-order chi connectivity index (χ0) is 75.5. The van der Waals surface area contributed by atoms with Gasteiger partial charge in [-0.25, -0.2) is 9.13 Å². The molecular weight excluding hydrogens is 1340 g/mol. The van der Waals surface area contributed by atoms with Gasteiger partial charge in [-0.3, -0.25) is 37.3 Å². The van der Waals surface area contributed by atoms with E-state index < -0.39 is 97.5 Å². The Bertz CT molecular complexity index is 1960. The zero-order valence-corrected chi connectivity index (χ0v) is 69.3. The van der Waals surface area contributed by atoms with Crippen molar-refractivity contribution in [2.75, 3.05) is 39.6 Å². The van der Waals surface area contributed by atoms with Crippen LogP contribution in [0, 0.1) is 5.92 Å². The third kappa shape index (κ3) is 78.0. The first-order valence-electron chi connectivity index (χ1n) is 43.6. The highest BCUT2D eigenvalue weighted by Gasteiger charge is 2.30. The smallest absolute Gasteiger partial charge is 0.462 e. The van der Waals surface area contributed by atoms with E-state index in [1.54, 1.807) is 0 Å². The van der Waals surface area contributed by atoms with E-state index in [2.05, 4.69) is 34.6 Å². The summed E-state index contributed by atoms with van der Waals surface area (Å²) >= 11 is 0. The first-order chi connectivity index (χ1) is 50.0. The number of phosphoric ester groups is 2. The molecule has 3 N–H and O–H groups in total. The van der Waals surface area contributed by atoms with Gasteiger partial charge >= 0.3 is 39.5 Å². The molecule has 19 heteroatoms. The molecule has 0 aliphatic carbocycles. The molecule has 0 radical (unpaired) electrons. The van der Waals surface area contributed by atoms with E-state index >= 15 is 0 Å². The summed E-state index contributed by atoms with van der Waals surface area (Å²) in [6, 6.07) is 0. The molecule has 612 valence electrons. The van der Waals surface area contributed by atoms with Gasteiger partial charge in [-0.15, -0.1) is 0 Å². The van der Waals surface area contributed by atoms with Gasteiger partial charge in [0.15, 0.2) is 12.2 Å². The van der Waals surface area contributed by atoms with Crippen molar-refractivity contribution in [2.24, 2.45) is 5.92 Å². The Labute approximate surface area is 632 Å². The Morgan fingerprint density at radius 2 is 0.447 bits per heavy atom. The molecule has 0 saturated heterocycles. The number of ether oxygens (including phenoxy) is 4. The van der Waals surface area contributed by atoms with E-state index in [0.29, 0.717) is 25.7 Å². The number of aliphatic hydroxyl groups is 1. The van der Waals surface area contributed by atoms with Crippen molar-refractivity contribution in [1.82, 2.24) is 0 Å². The highest BCUT2D eigenvalue weighted by molar-refractivity contribution is 7.47. The van der Waals surface area contributed by atoms with Gasteiger partial charge in [0.2, 0.25) is 0 Å². The summed E-state index contributed by atoms with van der Waals surface area (Å²) in [5, 5.41) is 10.6. The molecule has 0 heterocycles. The van der Waals surface area contributed by atoms with Crippen molar-refractivity contribution in [3.8, 4) is 0 Å². The molecule has 0 aromatic rings. The van der Waals surface area contributed by atoms with Crippen molar-refractivity contribution < 1.29 is 80.2 Å². The van der Waals surface area contributed by atoms with Gasteiger partial charge in [-0.1, -0.05) is 401 Å². The van der Waals surface area contributed by atoms with Crippen LogP contribution in [-0.2, 0) is 65.4 Å². The van der Waals surface area contributed by atoms with Crippen LogP contribution in [0.4, 0.5) is 0 Å². The molecule has 2 unspecified atom stereocenters. The van der Waals surface area contributed by atoms with Crippen molar-refractivity contribution in [2.45, 2.75) is 470 Å². The molecule has 17 nitrogen and oxygen atoms in total. The van der Waals surface area contributed by atoms with E-state index in [1.807, 2.05) is 0 Å². The van der Waals surface area contributed by atoms with E-state index in [9.17, 15) is 43.2 Å². The Morgan fingerprint density at radius 3 is 0.660 bits per heavy atom. The summed E-state index contributed by atoms with van der Waals surface area (Å²) in [7, 11) is -9.91. The summed E-state index contributed by atoms with van der Waals surface area (Å²) < 4.78 is 68.6. The van der Waals surface area contributed by atoms with Gasteiger partial charge in [0.05, 0.1) is 26.4 Å². The highest BCUT2D eigenvalue weighted by atomic mass is 31.2. The standard InChI is InChI=1S/C84H164O17P2/c1-6-9-12-15-17-19-21-23-25-27-29-31-33-39-43-47-51-55-60-65-70-84(89)101-80(74-95-82(87)68-63-58-53-49-45-41-37-35-34-36-40-44-48-52-57-61-66-77(4)5)76-99-103(92,93)97-72-78(85)71-96-102(90,91)98-75-79(73-94-81(86)67-62-56-14-11-8-3)100-83(88)69-64-59-54-50-46-42-38-32-30-28-26-24-22-20-18-16-13-10-7-2/h77-80,85H,6-76H2,1-5H3,(H,90,91)(H,92,93)/t78-,79+,80+/m0/s1. The van der Waals surface area contributed by atoms with Crippen LogP contribution in [0.2, 0.25) is 0 Å². The Morgan fingerprint density at radius 1 is 0.262 bits per heavy atom. The summed E-state index contributed by atoms with van der Waals surface area (Å²) in [6.45, 7) is 7.29. The number of unbranched alkanes of at least 4 members (excludes halogenated alkanes) is 56. The fourth-order valence-corrected chi connectivity index (χ4v) is 14.7. The van der Waals surface area contributed by atoms with Crippen LogP contribution in [-0.4, -0.2) is 96.7 Å². The van der Waals surface area contributed by atoms with E-state index in [1.165, 1.54) is 270 Å². The second-order valence-corrected chi connectivity index (χ2v) is 33.6. The SMILES string of the molecule is CCCCCCCCCCCCCCCCCCCCCCC(=O)O[C@H](COC(=O)CCCCCCCCCCCCCCCCCCC(C)C)COP(=O)(O)OC[C@@H](O)COP(=O)(O)OC[C@@H](COC(=O)CCCCCCC)OC(=O)CCCCCCCCCCCCCCCCCCCCC. The van der Waals surface area contributed by atoms with Crippen molar-refractivity contribution in [3.05, 3.63) is 0 Å². The van der Waals surface area contributed by atoms with Gasteiger partial charge < -0.3 is 33.8 Å². The van der Waals surface area contributed by atoms with E-state index in [0.717, 1.165) is 102 Å². The molecule has 0 saturated carbocycles. The van der Waals surface area contributed by atoms with Crippen LogP contribution in [0.25, 0.3) is 0 Å². The van der Waals surface area contributed by atoms with Crippen LogP contribution in [0.15, 0.2) is 0 Å². The van der Waals surface area contributed by atoms with E-state index in [-0.39, 0.29) is 25.7 Å². The maximum atomic E-state index is 13.1. The monoisotopic (exact) mass is 1510 g/mol. The number of carbonyl (C=O) groups is 4. The lowest BCUT2D eigenvalue weighted by Gasteiger charge is -2.21. The van der Waals surface area contributed by atoms with Gasteiger partial charge in [0.25, 0.3) is 0 Å². The first kappa shape index (κ1) is 101. The van der Waals surface area contributed by atoms with Crippen molar-refractivity contribution in [1.29, 1.82) is 0 Å². The van der Waals surface area contributed by atoms with E-state index in [4.69, 9.17) is 37.0 Å². The largest absolute Gasteiger partial charge is 0.472 e. The third-order valence-corrected chi connectivity index (χ3v) is 21.7. The second kappa shape index (κ2) is 76.8. The molecule has 0 aliphatic rings. The van der Waals surface area contributed by atoms with Crippen LogP contribution < -0.4 is 0 Å². The first-order valence-corrected chi connectivity index (χ1v) is 46.6. The second-order valence-electron chi connectivity index (χ2n) is 30.7. The molecule has 0 aromatic heterocycles. The number of rotatable bonds is 84. The molecular formula is C84H164O17P2. The van der Waals surface area contributed by atoms with Gasteiger partial charge in [-0.2, -0.15) is 0 Å². The molecule has 0 rings (SSSR count). The normalized spacial score (nSPS) is 13.8. The zero-order valence-electron chi connectivity index (χ0n) is 67.5. The molecule has 103 heavy (non-hydrogen) atoms. The van der Waals surface area contributed by atoms with Gasteiger partial charge in [0, 0.05) is 25.7 Å². The van der Waals surface area contributed by atoms with Gasteiger partial charge in [0.1, 0.15) is 19.3 Å². The molecule has 0 aromatic carbocycles. The number of carbonyl (C=O) groups excluding carboxylic acids is 4. The number of esters is 4. The third-order valence-electron chi connectivity index (χ3n) is 19.8. The molecule has 5 atom stereocenters. The number of aliphatic hydroxyl groups excluding tert-OH is 1. The minimum absolute atomic E-state index is 0.108. The fourth-order valence-electron chi connectivity index (χ4n) is 13.1. The van der Waals surface area contributed by atoms with Gasteiger partial charge in [-0.05, 0) is 31.6 Å². The maximum Gasteiger partial charge on any atom is 0.472 e. The lowest BCUT2D eigenvalue weighted by molar-refractivity contribution is -0.161. The molecule has 0 fully saturated rings. The lowest BCUT2D eigenvalue weighted by atomic mass is 10.0. The summed E-state index contributed by atoms with van der Waals surface area (Å²) in [4.78, 5) is 72.8. The Balaban J connectivity index is 5.10. The molecule has 0 spiro atoms. The number of hydrogen-bond donors (Lipinski definition) is 3. The summed E-state index contributed by atoms with van der Waals surface area (Å²) in [6.07, 6.45) is 70.0. The Hall–Kier alpha value is -1.94. The number of hydrogen-bond acceptors (Lipinski definition) is 15. The number of phosphoric acid groups is 2. The predicted molar refractivity (Wildman–Crippen MR) is 423 cm³/mol. The van der Waals surface area contributed by atoms with Crippen LogP contribution in [0.3, 0.4) is 0 Å². The maximum absolute atomic E-state index is 13.1. The van der Waals surface area contributed by atoms with Crippen LogP contribution in [0.1, 0.15) is 452 Å². The molecule has 0 bridgehead atoms. The minimum Gasteiger partial charge on any atom is -0.462 e. The van der Waals surface area contributed by atoms with Crippen LogP contribution >= 0.6 is 15.6 Å². The molecule has 0 amide bonds. The van der Waals surface area contributed by atoms with Crippen molar-refractivity contribution >= 4 is 39.5 Å². The minimum atomic E-state index is -4.96. The fraction of sp³-hybridized carbons (Fsp3) is 0.952. The lowest BCUT2D eigenvalue weighted by Crippen LogP contribution is -2.30. The predicted octanol–water partition coefficient (Wildman–Crippen LogP) is 25.6. The summed E-state index contributed by atoms with van der Waals surface area (Å²) in [5.74, 6) is -1.30. The topological polar surface area (TPSA) is 237 Å². The van der Waals surface area contributed by atoms with Crippen LogP contribution in [0.5, 0.6) is 0 Å². The quantitative estimate of drug-likeness (QED) is 0.0222.